The summed E-state index contributed by atoms with van der Waals surface area (Å²) in [6.07, 6.45) is 1.83. The summed E-state index contributed by atoms with van der Waals surface area (Å²) < 4.78 is 6.35. The van der Waals surface area contributed by atoms with Crippen LogP contribution in [0.1, 0.15) is 37.5 Å². The van der Waals surface area contributed by atoms with Gasteiger partial charge in [-0.25, -0.2) is 0 Å². The third-order valence-corrected chi connectivity index (χ3v) is 5.21. The highest BCUT2D eigenvalue weighted by Crippen LogP contribution is 2.27. The molecule has 134 valence electrons. The molecule has 5 heteroatoms. The zero-order valence-corrected chi connectivity index (χ0v) is 16.7. The molecule has 1 amide bonds. The van der Waals surface area contributed by atoms with Crippen molar-refractivity contribution >= 4 is 40.3 Å². The lowest BCUT2D eigenvalue weighted by atomic mass is 9.87. The van der Waals surface area contributed by atoms with Crippen LogP contribution in [0, 0.1) is 0 Å². The van der Waals surface area contributed by atoms with Gasteiger partial charge in [0, 0.05) is 0 Å². The van der Waals surface area contributed by atoms with E-state index in [1.54, 1.807) is 0 Å². The van der Waals surface area contributed by atoms with E-state index < -0.39 is 0 Å². The smallest absolute Gasteiger partial charge is 0.263 e. The first kappa shape index (κ1) is 18.7. The van der Waals surface area contributed by atoms with E-state index in [4.69, 9.17) is 17.0 Å². The molecule has 3 rings (SSSR count). The van der Waals surface area contributed by atoms with Crippen molar-refractivity contribution in [3.63, 3.8) is 0 Å². The summed E-state index contributed by atoms with van der Waals surface area (Å²) in [5, 5.41) is 2.61. The lowest BCUT2D eigenvalue weighted by Gasteiger charge is -2.19. The van der Waals surface area contributed by atoms with Gasteiger partial charge >= 0.3 is 0 Å². The number of rotatable bonds is 4. The first-order chi connectivity index (χ1) is 12.3. The van der Waals surface area contributed by atoms with Crippen LogP contribution >= 0.6 is 24.0 Å². The monoisotopic (exact) mass is 383 g/mol. The number of amides is 1. The molecule has 0 spiro atoms. The van der Waals surface area contributed by atoms with E-state index in [1.807, 2.05) is 30.3 Å². The zero-order chi connectivity index (χ0) is 18.7. The number of hydrogen-bond acceptors (Lipinski definition) is 4. The Kier molecular flexibility index (Phi) is 5.49. The molecule has 0 unspecified atom stereocenters. The first-order valence-corrected chi connectivity index (χ1v) is 9.61. The second-order valence-corrected chi connectivity index (χ2v) is 8.88. The molecule has 1 fully saturated rings. The van der Waals surface area contributed by atoms with Crippen LogP contribution in [-0.2, 0) is 16.8 Å². The Morgan fingerprint density at radius 1 is 1.08 bits per heavy atom. The molecule has 1 aliphatic heterocycles. The maximum atomic E-state index is 11.7. The van der Waals surface area contributed by atoms with Crippen LogP contribution in [-0.4, -0.2) is 10.2 Å². The van der Waals surface area contributed by atoms with Gasteiger partial charge in [-0.2, -0.15) is 0 Å². The number of hydrogen-bond donors (Lipinski definition) is 1. The molecular formula is C21H21NO2S2. The maximum Gasteiger partial charge on any atom is 0.263 e. The summed E-state index contributed by atoms with van der Waals surface area (Å²) in [6, 6.07) is 16.2. The van der Waals surface area contributed by atoms with Crippen LogP contribution < -0.4 is 10.1 Å². The van der Waals surface area contributed by atoms with E-state index in [1.165, 1.54) is 17.3 Å². The number of nitrogens with one attached hydrogen (secondary N) is 1. The molecule has 0 aromatic heterocycles. The van der Waals surface area contributed by atoms with Crippen molar-refractivity contribution in [2.24, 2.45) is 0 Å². The highest BCUT2D eigenvalue weighted by molar-refractivity contribution is 8.26. The van der Waals surface area contributed by atoms with Crippen LogP contribution in [0.4, 0.5) is 0 Å². The number of benzene rings is 2. The fourth-order valence-electron chi connectivity index (χ4n) is 2.50. The minimum Gasteiger partial charge on any atom is -0.489 e. The Morgan fingerprint density at radius 3 is 2.27 bits per heavy atom. The van der Waals surface area contributed by atoms with Gasteiger partial charge in [0.2, 0.25) is 0 Å². The van der Waals surface area contributed by atoms with E-state index >= 15 is 0 Å². The summed E-state index contributed by atoms with van der Waals surface area (Å²) in [4.78, 5) is 12.3. The van der Waals surface area contributed by atoms with Gasteiger partial charge in [0.15, 0.2) is 0 Å². The minimum atomic E-state index is -0.140. The molecule has 2 aromatic rings. The van der Waals surface area contributed by atoms with Crippen LogP contribution in [0.2, 0.25) is 0 Å². The SMILES string of the molecule is CC(C)(C)c1ccc(COc2ccc(/C=C3\SC(=S)NC3=O)cc2)cc1. The van der Waals surface area contributed by atoms with Gasteiger partial charge in [-0.15, -0.1) is 0 Å². The Hall–Kier alpha value is -2.11. The minimum absolute atomic E-state index is 0.140. The van der Waals surface area contributed by atoms with E-state index in [0.717, 1.165) is 16.9 Å². The molecule has 1 aliphatic rings. The van der Waals surface area contributed by atoms with Crippen LogP contribution in [0.25, 0.3) is 6.08 Å². The lowest BCUT2D eigenvalue weighted by molar-refractivity contribution is -0.115. The standard InChI is InChI=1S/C21H21NO2S2/c1-21(2,3)16-8-4-15(5-9-16)13-24-17-10-6-14(7-11-17)12-18-19(23)22-20(25)26-18/h4-12H,13H2,1-3H3,(H,22,23,25)/b18-12-. The molecule has 0 bridgehead atoms. The van der Waals surface area contributed by atoms with Gasteiger partial charge in [-0.05, 0) is 40.3 Å². The molecule has 1 N–H and O–H groups in total. The predicted octanol–water partition coefficient (Wildman–Crippen LogP) is 5.05. The van der Waals surface area contributed by atoms with Gasteiger partial charge in [0.05, 0.1) is 4.91 Å². The van der Waals surface area contributed by atoms with E-state index in [9.17, 15) is 4.79 Å². The van der Waals surface area contributed by atoms with Crippen molar-refractivity contribution in [1.82, 2.24) is 5.32 Å². The van der Waals surface area contributed by atoms with E-state index in [0.29, 0.717) is 15.8 Å². The average Bonchev–Trinajstić information content (AvgIpc) is 2.91. The maximum absolute atomic E-state index is 11.7. The average molecular weight is 384 g/mol. The van der Waals surface area contributed by atoms with Gasteiger partial charge in [-0.1, -0.05) is 81.1 Å². The molecule has 0 aliphatic carbocycles. The highest BCUT2D eigenvalue weighted by Gasteiger charge is 2.21. The Morgan fingerprint density at radius 2 is 1.73 bits per heavy atom. The quantitative estimate of drug-likeness (QED) is 0.592. The third kappa shape index (κ3) is 4.74. The van der Waals surface area contributed by atoms with Crippen molar-refractivity contribution < 1.29 is 9.53 Å². The number of ether oxygens (including phenoxy) is 1. The molecule has 1 saturated heterocycles. The third-order valence-electron chi connectivity index (χ3n) is 4.05. The normalized spacial score (nSPS) is 16.0. The van der Waals surface area contributed by atoms with E-state index in [-0.39, 0.29) is 11.3 Å². The Labute approximate surface area is 163 Å². The van der Waals surface area contributed by atoms with Crippen molar-refractivity contribution in [3.8, 4) is 5.75 Å². The fraction of sp³-hybridized carbons (Fsp3) is 0.238. The summed E-state index contributed by atoms with van der Waals surface area (Å²) in [6.45, 7) is 7.14. The fourth-order valence-corrected chi connectivity index (χ4v) is 3.54. The molecule has 0 atom stereocenters. The lowest BCUT2D eigenvalue weighted by Crippen LogP contribution is -2.17. The highest BCUT2D eigenvalue weighted by atomic mass is 32.2. The number of thioether (sulfide) groups is 1. The van der Waals surface area contributed by atoms with Crippen molar-refractivity contribution in [2.45, 2.75) is 32.8 Å². The molecule has 26 heavy (non-hydrogen) atoms. The molecule has 2 aromatic carbocycles. The van der Waals surface area contributed by atoms with Crippen LogP contribution in [0.15, 0.2) is 53.4 Å². The molecule has 1 heterocycles. The zero-order valence-electron chi connectivity index (χ0n) is 15.0. The molecular weight excluding hydrogens is 362 g/mol. The predicted molar refractivity (Wildman–Crippen MR) is 112 cm³/mol. The summed E-state index contributed by atoms with van der Waals surface area (Å²) >= 11 is 6.27. The van der Waals surface area contributed by atoms with Crippen molar-refractivity contribution in [3.05, 3.63) is 70.1 Å². The number of carbonyl (C=O) groups is 1. The van der Waals surface area contributed by atoms with Gasteiger partial charge in [0.1, 0.15) is 16.7 Å². The Bertz CT molecular complexity index is 847. The van der Waals surface area contributed by atoms with E-state index in [2.05, 4.69) is 50.4 Å². The van der Waals surface area contributed by atoms with Crippen molar-refractivity contribution in [2.75, 3.05) is 0 Å². The van der Waals surface area contributed by atoms with Crippen LogP contribution in [0.3, 0.4) is 0 Å². The molecule has 3 nitrogen and oxygen atoms in total. The van der Waals surface area contributed by atoms with Gasteiger partial charge < -0.3 is 10.1 Å². The Balaban J connectivity index is 1.60. The van der Waals surface area contributed by atoms with Gasteiger partial charge in [-0.3, -0.25) is 4.79 Å². The number of carbonyl (C=O) groups excluding carboxylic acids is 1. The number of thiocarbonyl (C=S) groups is 1. The van der Waals surface area contributed by atoms with Gasteiger partial charge in [0.25, 0.3) is 5.91 Å². The first-order valence-electron chi connectivity index (χ1n) is 8.38. The molecule has 0 saturated carbocycles. The van der Waals surface area contributed by atoms with Crippen molar-refractivity contribution in [1.29, 1.82) is 0 Å². The second-order valence-electron chi connectivity index (χ2n) is 7.16. The summed E-state index contributed by atoms with van der Waals surface area (Å²) in [5.74, 6) is 0.658. The summed E-state index contributed by atoms with van der Waals surface area (Å²) in [7, 11) is 0. The topological polar surface area (TPSA) is 38.3 Å². The largest absolute Gasteiger partial charge is 0.489 e. The van der Waals surface area contributed by atoms with Crippen LogP contribution in [0.5, 0.6) is 5.75 Å². The second kappa shape index (κ2) is 7.64. The summed E-state index contributed by atoms with van der Waals surface area (Å²) in [5.41, 5.74) is 3.54. The molecule has 0 radical (unpaired) electrons.